The Labute approximate surface area is 96.7 Å². The van der Waals surface area contributed by atoms with Crippen LogP contribution in [0.3, 0.4) is 0 Å². The molecule has 1 aromatic heterocycles. The molecule has 0 fully saturated rings. The number of carbonyl (C=O) groups is 1. The topological polar surface area (TPSA) is 55.6 Å². The lowest BCUT2D eigenvalue weighted by atomic mass is 10.5. The van der Waals surface area contributed by atoms with Crippen molar-refractivity contribution in [3.05, 3.63) is 10.8 Å². The molecule has 0 aliphatic carbocycles. The van der Waals surface area contributed by atoms with Gasteiger partial charge in [-0.15, -0.1) is 0 Å². The number of hydrogen-bond donors (Lipinski definition) is 0. The number of hydrogen-bond acceptors (Lipinski definition) is 5. The highest BCUT2D eigenvalue weighted by Crippen LogP contribution is 2.29. The number of ether oxygens (including phenoxy) is 1. The molecule has 84 valence electrons. The average molecular weight is 251 g/mol. The molecule has 1 aromatic rings. The van der Waals surface area contributed by atoms with Crippen LogP contribution in [-0.4, -0.2) is 36.5 Å². The molecule has 15 heavy (non-hydrogen) atoms. The normalized spacial score (nSPS) is 10.1. The number of carbonyl (C=O) groups excluding carboxylic acids is 1. The van der Waals surface area contributed by atoms with Crippen LogP contribution >= 0.6 is 23.4 Å². The largest absolute Gasteiger partial charge is 0.416 e. The van der Waals surface area contributed by atoms with Gasteiger partial charge in [-0.05, 0) is 11.4 Å². The van der Waals surface area contributed by atoms with E-state index in [4.69, 9.17) is 20.9 Å². The molecule has 1 rings (SSSR count). The Hall–Kier alpha value is -0.880. The molecule has 5 nitrogen and oxygen atoms in total. The van der Waals surface area contributed by atoms with E-state index in [0.29, 0.717) is 11.5 Å². The van der Waals surface area contributed by atoms with E-state index < -0.39 is 6.09 Å². The van der Waals surface area contributed by atoms with Crippen molar-refractivity contribution in [3.8, 4) is 5.88 Å². The van der Waals surface area contributed by atoms with Crippen LogP contribution in [0, 0.1) is 0 Å². The van der Waals surface area contributed by atoms with Crippen LogP contribution in [0.2, 0.25) is 5.02 Å². The van der Waals surface area contributed by atoms with Gasteiger partial charge in [-0.2, -0.15) is 11.8 Å². The molecule has 0 aliphatic heterocycles. The van der Waals surface area contributed by atoms with E-state index in [0.717, 1.165) is 0 Å². The summed E-state index contributed by atoms with van der Waals surface area (Å²) in [5.41, 5.74) is 0. The minimum Gasteiger partial charge on any atom is -0.386 e. The molecule has 0 radical (unpaired) electrons. The summed E-state index contributed by atoms with van der Waals surface area (Å²) in [6.07, 6.45) is 1.37. The molecule has 7 heteroatoms. The molecule has 0 saturated heterocycles. The predicted octanol–water partition coefficient (Wildman–Crippen LogP) is 2.25. The van der Waals surface area contributed by atoms with E-state index in [2.05, 4.69) is 5.16 Å². The highest BCUT2D eigenvalue weighted by atomic mass is 35.5. The van der Waals surface area contributed by atoms with Crippen molar-refractivity contribution in [2.24, 2.45) is 0 Å². The van der Waals surface area contributed by atoms with E-state index in [1.54, 1.807) is 14.1 Å². The van der Waals surface area contributed by atoms with Gasteiger partial charge in [0.15, 0.2) is 5.76 Å². The highest BCUT2D eigenvalue weighted by Gasteiger charge is 2.18. The summed E-state index contributed by atoms with van der Waals surface area (Å²) < 4.78 is 9.79. The predicted molar refractivity (Wildman–Crippen MR) is 58.4 cm³/mol. The molecule has 0 atom stereocenters. The fourth-order valence-corrected chi connectivity index (χ4v) is 1.47. The maximum absolute atomic E-state index is 11.2. The molecule has 0 aliphatic rings. The second kappa shape index (κ2) is 5.27. The van der Waals surface area contributed by atoms with Gasteiger partial charge in [-0.25, -0.2) is 4.79 Å². The summed E-state index contributed by atoms with van der Waals surface area (Å²) in [6, 6.07) is 0. The molecule has 0 aromatic carbocycles. The summed E-state index contributed by atoms with van der Waals surface area (Å²) in [6.45, 7) is 0. The second-order valence-electron chi connectivity index (χ2n) is 2.92. The average Bonchev–Trinajstić information content (AvgIpc) is 2.50. The van der Waals surface area contributed by atoms with Crippen LogP contribution in [0.15, 0.2) is 4.52 Å². The molecule has 1 amide bonds. The van der Waals surface area contributed by atoms with E-state index in [9.17, 15) is 4.79 Å². The minimum atomic E-state index is -0.541. The first-order valence-electron chi connectivity index (χ1n) is 4.08. The Morgan fingerprint density at radius 1 is 1.67 bits per heavy atom. The Bertz CT molecular complexity index is 354. The number of thioether (sulfide) groups is 1. The smallest absolute Gasteiger partial charge is 0.386 e. The van der Waals surface area contributed by atoms with E-state index >= 15 is 0 Å². The molecule has 1 heterocycles. The Kier molecular flexibility index (Phi) is 4.28. The van der Waals surface area contributed by atoms with Gasteiger partial charge < -0.3 is 14.2 Å². The molecule has 0 N–H and O–H groups in total. The first-order valence-corrected chi connectivity index (χ1v) is 5.85. The number of rotatable bonds is 3. The van der Waals surface area contributed by atoms with Crippen molar-refractivity contribution >= 4 is 29.5 Å². The standard InChI is InChI=1S/C8H11ClN2O3S/c1-11(2)8(12)13-7-6(9)5(4-15-3)14-10-7/h4H2,1-3H3. The Balaban J connectivity index is 2.74. The third kappa shape index (κ3) is 3.04. The quantitative estimate of drug-likeness (QED) is 0.824. The summed E-state index contributed by atoms with van der Waals surface area (Å²) in [7, 11) is 3.14. The van der Waals surface area contributed by atoms with Gasteiger partial charge in [0.2, 0.25) is 0 Å². The van der Waals surface area contributed by atoms with Crippen molar-refractivity contribution in [3.63, 3.8) is 0 Å². The number of amides is 1. The van der Waals surface area contributed by atoms with Gasteiger partial charge in [-0.1, -0.05) is 11.6 Å². The van der Waals surface area contributed by atoms with Crippen LogP contribution in [0.25, 0.3) is 0 Å². The highest BCUT2D eigenvalue weighted by molar-refractivity contribution is 7.97. The van der Waals surface area contributed by atoms with Gasteiger partial charge in [0.25, 0.3) is 5.88 Å². The molecular weight excluding hydrogens is 240 g/mol. The van der Waals surface area contributed by atoms with Crippen LogP contribution < -0.4 is 4.74 Å². The fourth-order valence-electron chi connectivity index (χ4n) is 0.754. The van der Waals surface area contributed by atoms with Gasteiger partial charge >= 0.3 is 6.09 Å². The summed E-state index contributed by atoms with van der Waals surface area (Å²) in [5, 5.41) is 3.82. The molecule has 0 bridgehead atoms. The zero-order valence-corrected chi connectivity index (χ0v) is 10.2. The third-order valence-electron chi connectivity index (χ3n) is 1.50. The van der Waals surface area contributed by atoms with Crippen LogP contribution in [0.4, 0.5) is 4.79 Å². The minimum absolute atomic E-state index is 0.0133. The number of nitrogens with zero attached hydrogens (tertiary/aromatic N) is 2. The number of halogens is 1. The van der Waals surface area contributed by atoms with Crippen molar-refractivity contribution < 1.29 is 14.1 Å². The lowest BCUT2D eigenvalue weighted by Gasteiger charge is -2.07. The summed E-state index contributed by atoms with van der Waals surface area (Å²) >= 11 is 7.42. The zero-order chi connectivity index (χ0) is 11.4. The SMILES string of the molecule is CSCc1onc(OC(=O)N(C)C)c1Cl. The van der Waals surface area contributed by atoms with E-state index in [-0.39, 0.29) is 10.9 Å². The monoisotopic (exact) mass is 250 g/mol. The molecule has 0 saturated carbocycles. The maximum atomic E-state index is 11.2. The van der Waals surface area contributed by atoms with Crippen molar-refractivity contribution in [1.82, 2.24) is 10.1 Å². The van der Waals surface area contributed by atoms with Crippen molar-refractivity contribution in [2.45, 2.75) is 5.75 Å². The first kappa shape index (κ1) is 12.2. The Morgan fingerprint density at radius 3 is 2.87 bits per heavy atom. The number of aromatic nitrogens is 1. The van der Waals surface area contributed by atoms with Crippen molar-refractivity contribution in [1.29, 1.82) is 0 Å². The summed E-state index contributed by atoms with van der Waals surface area (Å²) in [5.74, 6) is 1.11. The van der Waals surface area contributed by atoms with Crippen LogP contribution in [0.1, 0.15) is 5.76 Å². The lowest BCUT2D eigenvalue weighted by Crippen LogP contribution is -2.25. The van der Waals surface area contributed by atoms with Gasteiger partial charge in [0.1, 0.15) is 5.02 Å². The Morgan fingerprint density at radius 2 is 2.33 bits per heavy atom. The first-order chi connectivity index (χ1) is 7.06. The third-order valence-corrected chi connectivity index (χ3v) is 2.42. The second-order valence-corrected chi connectivity index (χ2v) is 4.16. The van der Waals surface area contributed by atoms with Gasteiger partial charge in [0, 0.05) is 14.1 Å². The van der Waals surface area contributed by atoms with E-state index in [1.807, 2.05) is 6.26 Å². The molecule has 0 spiro atoms. The fraction of sp³-hybridized carbons (Fsp3) is 0.500. The summed E-state index contributed by atoms with van der Waals surface area (Å²) in [4.78, 5) is 12.5. The van der Waals surface area contributed by atoms with Gasteiger partial charge in [-0.3, -0.25) is 0 Å². The lowest BCUT2D eigenvalue weighted by molar-refractivity contribution is 0.167. The van der Waals surface area contributed by atoms with Crippen LogP contribution in [-0.2, 0) is 5.75 Å². The van der Waals surface area contributed by atoms with Crippen LogP contribution in [0.5, 0.6) is 5.88 Å². The van der Waals surface area contributed by atoms with E-state index in [1.165, 1.54) is 16.7 Å². The maximum Gasteiger partial charge on any atom is 0.416 e. The molecule has 0 unspecified atom stereocenters. The van der Waals surface area contributed by atoms with Gasteiger partial charge in [0.05, 0.1) is 5.75 Å². The van der Waals surface area contributed by atoms with Crippen molar-refractivity contribution in [2.75, 3.05) is 20.4 Å². The molecular formula is C8H11ClN2O3S. The zero-order valence-electron chi connectivity index (χ0n) is 8.61.